The first-order valence-electron chi connectivity index (χ1n) is 6.37. The highest BCUT2D eigenvalue weighted by Gasteiger charge is 2.22. The summed E-state index contributed by atoms with van der Waals surface area (Å²) in [5.41, 5.74) is 1.26. The Hall–Kier alpha value is -0.620. The summed E-state index contributed by atoms with van der Waals surface area (Å²) in [5.74, 6) is 0. The van der Waals surface area contributed by atoms with E-state index in [0.717, 1.165) is 31.1 Å². The van der Waals surface area contributed by atoms with Crippen LogP contribution in [-0.4, -0.2) is 56.6 Å². The SMILES string of the molecule is CS(=O)(=O)N1CCN(CCc2ccc(Cl)cc2)CC1. The Morgan fingerprint density at radius 1 is 1.11 bits per heavy atom. The molecule has 0 amide bonds. The van der Waals surface area contributed by atoms with Crippen LogP contribution >= 0.6 is 11.6 Å². The number of nitrogens with zero attached hydrogens (tertiary/aromatic N) is 2. The maximum absolute atomic E-state index is 11.4. The number of halogens is 1. The average molecular weight is 303 g/mol. The van der Waals surface area contributed by atoms with E-state index in [1.165, 1.54) is 11.8 Å². The molecule has 1 aliphatic rings. The summed E-state index contributed by atoms with van der Waals surface area (Å²) in [4.78, 5) is 2.30. The third-order valence-corrected chi connectivity index (χ3v) is 4.99. The fourth-order valence-electron chi connectivity index (χ4n) is 2.22. The van der Waals surface area contributed by atoms with Gasteiger partial charge < -0.3 is 4.90 Å². The molecule has 1 saturated heterocycles. The second-order valence-corrected chi connectivity index (χ2v) is 7.30. The molecule has 1 fully saturated rings. The van der Waals surface area contributed by atoms with Gasteiger partial charge in [-0.25, -0.2) is 8.42 Å². The maximum Gasteiger partial charge on any atom is 0.211 e. The van der Waals surface area contributed by atoms with Crippen molar-refractivity contribution in [3.8, 4) is 0 Å². The third-order valence-electron chi connectivity index (χ3n) is 3.43. The first kappa shape index (κ1) is 14.8. The van der Waals surface area contributed by atoms with Gasteiger partial charge in [-0.1, -0.05) is 23.7 Å². The van der Waals surface area contributed by atoms with Crippen LogP contribution in [0.2, 0.25) is 5.02 Å². The lowest BCUT2D eigenvalue weighted by Gasteiger charge is -2.33. The molecule has 1 aromatic carbocycles. The zero-order chi connectivity index (χ0) is 13.9. The molecule has 2 rings (SSSR count). The van der Waals surface area contributed by atoms with Gasteiger partial charge in [0.1, 0.15) is 0 Å². The summed E-state index contributed by atoms with van der Waals surface area (Å²) in [6.07, 6.45) is 2.24. The van der Waals surface area contributed by atoms with E-state index >= 15 is 0 Å². The van der Waals surface area contributed by atoms with Gasteiger partial charge in [0.05, 0.1) is 6.26 Å². The highest BCUT2D eigenvalue weighted by molar-refractivity contribution is 7.88. The zero-order valence-corrected chi connectivity index (χ0v) is 12.6. The molecule has 19 heavy (non-hydrogen) atoms. The molecular formula is C13H19ClN2O2S. The van der Waals surface area contributed by atoms with Crippen LogP contribution in [0.1, 0.15) is 5.56 Å². The van der Waals surface area contributed by atoms with Crippen molar-refractivity contribution in [3.63, 3.8) is 0 Å². The number of sulfonamides is 1. The van der Waals surface area contributed by atoms with Crippen molar-refractivity contribution in [3.05, 3.63) is 34.9 Å². The van der Waals surface area contributed by atoms with Crippen LogP contribution in [0, 0.1) is 0 Å². The van der Waals surface area contributed by atoms with Crippen molar-refractivity contribution >= 4 is 21.6 Å². The lowest BCUT2D eigenvalue weighted by Crippen LogP contribution is -2.48. The summed E-state index contributed by atoms with van der Waals surface area (Å²) in [5, 5.41) is 0.755. The first-order chi connectivity index (χ1) is 8.95. The highest BCUT2D eigenvalue weighted by Crippen LogP contribution is 2.11. The van der Waals surface area contributed by atoms with Gasteiger partial charge in [-0.15, -0.1) is 0 Å². The van der Waals surface area contributed by atoms with Gasteiger partial charge in [-0.05, 0) is 24.1 Å². The summed E-state index contributed by atoms with van der Waals surface area (Å²) in [6, 6.07) is 7.88. The van der Waals surface area contributed by atoms with E-state index in [9.17, 15) is 8.42 Å². The molecule has 1 aliphatic heterocycles. The van der Waals surface area contributed by atoms with Crippen LogP contribution < -0.4 is 0 Å². The van der Waals surface area contributed by atoms with Crippen molar-refractivity contribution in [2.45, 2.75) is 6.42 Å². The lowest BCUT2D eigenvalue weighted by atomic mass is 10.1. The maximum atomic E-state index is 11.4. The lowest BCUT2D eigenvalue weighted by molar-refractivity contribution is 0.191. The number of rotatable bonds is 4. The standard InChI is InChI=1S/C13H19ClN2O2S/c1-19(17,18)16-10-8-15(9-11-16)7-6-12-2-4-13(14)5-3-12/h2-5H,6-11H2,1H3. The summed E-state index contributed by atoms with van der Waals surface area (Å²) < 4.78 is 24.3. The smallest absolute Gasteiger partial charge is 0.211 e. The molecule has 0 spiro atoms. The van der Waals surface area contributed by atoms with Gasteiger partial charge >= 0.3 is 0 Å². The average Bonchev–Trinajstić information content (AvgIpc) is 2.37. The van der Waals surface area contributed by atoms with Crippen LogP contribution in [0.25, 0.3) is 0 Å². The molecule has 6 heteroatoms. The minimum Gasteiger partial charge on any atom is -0.300 e. The van der Waals surface area contributed by atoms with E-state index in [-0.39, 0.29) is 0 Å². The van der Waals surface area contributed by atoms with Crippen LogP contribution in [0.5, 0.6) is 0 Å². The molecule has 106 valence electrons. The molecule has 1 heterocycles. The monoisotopic (exact) mass is 302 g/mol. The van der Waals surface area contributed by atoms with Crippen LogP contribution in [0.15, 0.2) is 24.3 Å². The minimum atomic E-state index is -3.03. The molecule has 0 unspecified atom stereocenters. The molecule has 0 radical (unpaired) electrons. The van der Waals surface area contributed by atoms with Crippen molar-refractivity contribution in [2.75, 3.05) is 39.0 Å². The summed E-state index contributed by atoms with van der Waals surface area (Å²) >= 11 is 5.85. The Labute approximate surface area is 120 Å². The second-order valence-electron chi connectivity index (χ2n) is 4.88. The Bertz CT molecular complexity index is 508. The van der Waals surface area contributed by atoms with Crippen LogP contribution in [0.4, 0.5) is 0 Å². The van der Waals surface area contributed by atoms with Gasteiger partial charge in [-0.3, -0.25) is 0 Å². The fraction of sp³-hybridized carbons (Fsp3) is 0.538. The summed E-state index contributed by atoms with van der Waals surface area (Å²) in [6.45, 7) is 3.76. The van der Waals surface area contributed by atoms with Crippen LogP contribution in [0.3, 0.4) is 0 Å². The first-order valence-corrected chi connectivity index (χ1v) is 8.60. The highest BCUT2D eigenvalue weighted by atomic mass is 35.5. The molecule has 0 atom stereocenters. The van der Waals surface area contributed by atoms with E-state index in [2.05, 4.69) is 4.90 Å². The predicted molar refractivity (Wildman–Crippen MR) is 78.0 cm³/mol. The van der Waals surface area contributed by atoms with Gasteiger partial charge in [0.15, 0.2) is 0 Å². The predicted octanol–water partition coefficient (Wildman–Crippen LogP) is 1.46. The van der Waals surface area contributed by atoms with E-state index in [4.69, 9.17) is 11.6 Å². The van der Waals surface area contributed by atoms with Gasteiger partial charge in [0.2, 0.25) is 10.0 Å². The topological polar surface area (TPSA) is 40.6 Å². The van der Waals surface area contributed by atoms with E-state index < -0.39 is 10.0 Å². The summed E-state index contributed by atoms with van der Waals surface area (Å²) in [7, 11) is -3.03. The molecule has 0 bridgehead atoms. The number of hydrogen-bond acceptors (Lipinski definition) is 3. The number of piperazine rings is 1. The Morgan fingerprint density at radius 3 is 2.21 bits per heavy atom. The van der Waals surface area contributed by atoms with Crippen molar-refractivity contribution < 1.29 is 8.42 Å². The third kappa shape index (κ3) is 4.45. The van der Waals surface area contributed by atoms with Crippen molar-refractivity contribution in [1.29, 1.82) is 0 Å². The van der Waals surface area contributed by atoms with Crippen molar-refractivity contribution in [2.24, 2.45) is 0 Å². The Morgan fingerprint density at radius 2 is 1.68 bits per heavy atom. The minimum absolute atomic E-state index is 0.597. The Balaban J connectivity index is 1.78. The fourth-order valence-corrected chi connectivity index (χ4v) is 3.18. The number of benzene rings is 1. The second kappa shape index (κ2) is 6.22. The van der Waals surface area contributed by atoms with E-state index in [1.807, 2.05) is 24.3 Å². The van der Waals surface area contributed by atoms with E-state index in [0.29, 0.717) is 13.1 Å². The molecule has 0 aromatic heterocycles. The van der Waals surface area contributed by atoms with Crippen molar-refractivity contribution in [1.82, 2.24) is 9.21 Å². The molecule has 4 nitrogen and oxygen atoms in total. The molecule has 0 aliphatic carbocycles. The largest absolute Gasteiger partial charge is 0.300 e. The molecule has 0 N–H and O–H groups in total. The molecule has 1 aromatic rings. The quantitative estimate of drug-likeness (QED) is 0.845. The van der Waals surface area contributed by atoms with Gasteiger partial charge in [0, 0.05) is 37.7 Å². The normalized spacial score (nSPS) is 18.6. The van der Waals surface area contributed by atoms with Gasteiger partial charge in [-0.2, -0.15) is 4.31 Å². The van der Waals surface area contributed by atoms with Crippen LogP contribution in [-0.2, 0) is 16.4 Å². The zero-order valence-electron chi connectivity index (χ0n) is 11.0. The Kier molecular flexibility index (Phi) is 4.84. The number of hydrogen-bond donors (Lipinski definition) is 0. The molecular weight excluding hydrogens is 284 g/mol. The van der Waals surface area contributed by atoms with Gasteiger partial charge in [0.25, 0.3) is 0 Å². The van der Waals surface area contributed by atoms with E-state index in [1.54, 1.807) is 4.31 Å². The molecule has 0 saturated carbocycles.